The van der Waals surface area contributed by atoms with Crippen LogP contribution in [0.5, 0.6) is 0 Å². The van der Waals surface area contributed by atoms with Crippen LogP contribution >= 0.6 is 46.6 Å². The molecule has 0 radical (unpaired) electrons. The standard InChI is InChI=1S/C10H13Cl3N2O3S/c1-9(2)5(8(17)18-3-10(11,12)13)15-6(16)4(14)7(15)19-9/h4-5,7H,3,14H2,1-2H3/t4-,5+,7-/m1/s1. The summed E-state index contributed by atoms with van der Waals surface area (Å²) >= 11 is 18.1. The van der Waals surface area contributed by atoms with Gasteiger partial charge in [-0.05, 0) is 13.8 Å². The number of nitrogens with zero attached hydrogens (tertiary/aromatic N) is 1. The van der Waals surface area contributed by atoms with Crippen molar-refractivity contribution in [2.45, 2.75) is 39.8 Å². The second-order valence-corrected chi connectivity index (χ2v) is 9.30. The van der Waals surface area contributed by atoms with E-state index in [0.717, 1.165) is 0 Å². The average molecular weight is 348 g/mol. The maximum Gasteiger partial charge on any atom is 0.330 e. The number of amides is 1. The van der Waals surface area contributed by atoms with Crippen molar-refractivity contribution in [2.24, 2.45) is 5.73 Å². The highest BCUT2D eigenvalue weighted by atomic mass is 35.6. The Balaban J connectivity index is 2.10. The van der Waals surface area contributed by atoms with Crippen LogP contribution in [0.15, 0.2) is 0 Å². The van der Waals surface area contributed by atoms with Crippen LogP contribution in [0.4, 0.5) is 0 Å². The summed E-state index contributed by atoms with van der Waals surface area (Å²) in [6.07, 6.45) is 0. The molecule has 0 unspecified atom stereocenters. The molecule has 0 spiro atoms. The van der Waals surface area contributed by atoms with E-state index in [1.54, 1.807) is 0 Å². The molecule has 0 aromatic heterocycles. The van der Waals surface area contributed by atoms with Gasteiger partial charge in [0.05, 0.1) is 0 Å². The Morgan fingerprint density at radius 1 is 1.53 bits per heavy atom. The molecule has 19 heavy (non-hydrogen) atoms. The van der Waals surface area contributed by atoms with Crippen molar-refractivity contribution < 1.29 is 14.3 Å². The Kier molecular flexibility index (Phi) is 3.95. The summed E-state index contributed by atoms with van der Waals surface area (Å²) in [7, 11) is 0. The zero-order valence-corrected chi connectivity index (χ0v) is 13.3. The van der Waals surface area contributed by atoms with Gasteiger partial charge >= 0.3 is 5.97 Å². The highest BCUT2D eigenvalue weighted by Crippen LogP contribution is 2.50. The Morgan fingerprint density at radius 2 is 2.11 bits per heavy atom. The van der Waals surface area contributed by atoms with Crippen LogP contribution in [0.2, 0.25) is 0 Å². The zero-order valence-electron chi connectivity index (χ0n) is 10.2. The topological polar surface area (TPSA) is 72.6 Å². The van der Waals surface area contributed by atoms with Gasteiger partial charge in [0, 0.05) is 4.75 Å². The van der Waals surface area contributed by atoms with Crippen molar-refractivity contribution in [3.63, 3.8) is 0 Å². The number of hydrogen-bond acceptors (Lipinski definition) is 5. The summed E-state index contributed by atoms with van der Waals surface area (Å²) in [5, 5.41) is -0.187. The number of β-lactam (4-membered cyclic amide) rings is 1. The van der Waals surface area contributed by atoms with Crippen LogP contribution < -0.4 is 5.73 Å². The molecule has 3 atom stereocenters. The molecule has 0 bridgehead atoms. The maximum absolute atomic E-state index is 12.1. The van der Waals surface area contributed by atoms with E-state index in [0.29, 0.717) is 0 Å². The second-order valence-electron chi connectivity index (χ2n) is 5.01. The van der Waals surface area contributed by atoms with Crippen molar-refractivity contribution in [1.29, 1.82) is 0 Å². The van der Waals surface area contributed by atoms with Gasteiger partial charge in [-0.2, -0.15) is 0 Å². The van der Waals surface area contributed by atoms with E-state index in [1.807, 2.05) is 13.8 Å². The monoisotopic (exact) mass is 346 g/mol. The summed E-state index contributed by atoms with van der Waals surface area (Å²) in [5.74, 6) is -0.828. The van der Waals surface area contributed by atoms with E-state index < -0.39 is 26.6 Å². The Bertz CT molecular complexity index is 427. The molecule has 0 saturated carbocycles. The summed E-state index contributed by atoms with van der Waals surface area (Å²) in [6, 6.07) is -1.27. The number of ether oxygens (including phenoxy) is 1. The molecule has 2 heterocycles. The predicted octanol–water partition coefficient (Wildman–Crippen LogP) is 1.29. The number of thioether (sulfide) groups is 1. The first-order chi connectivity index (χ1) is 8.54. The van der Waals surface area contributed by atoms with Gasteiger partial charge in [-0.3, -0.25) is 4.79 Å². The number of fused-ring (bicyclic) bond motifs is 1. The van der Waals surface area contributed by atoms with Gasteiger partial charge in [0.2, 0.25) is 9.70 Å². The molecule has 5 nitrogen and oxygen atoms in total. The number of esters is 1. The quantitative estimate of drug-likeness (QED) is 0.463. The lowest BCUT2D eigenvalue weighted by Crippen LogP contribution is -2.68. The third-order valence-corrected chi connectivity index (χ3v) is 5.00. The summed E-state index contributed by atoms with van der Waals surface area (Å²) in [4.78, 5) is 25.3. The van der Waals surface area contributed by atoms with Crippen molar-refractivity contribution in [3.8, 4) is 0 Å². The van der Waals surface area contributed by atoms with E-state index in [-0.39, 0.29) is 17.9 Å². The Labute approximate surface area is 130 Å². The fourth-order valence-corrected chi connectivity index (χ4v) is 3.98. The molecular weight excluding hydrogens is 335 g/mol. The number of carbonyl (C=O) groups is 2. The molecule has 9 heteroatoms. The van der Waals surface area contributed by atoms with Gasteiger partial charge in [-0.15, -0.1) is 11.8 Å². The molecule has 1 amide bonds. The highest BCUT2D eigenvalue weighted by molar-refractivity contribution is 8.01. The molecule has 108 valence electrons. The lowest BCUT2D eigenvalue weighted by Gasteiger charge is -2.41. The smallest absolute Gasteiger partial charge is 0.330 e. The molecule has 2 saturated heterocycles. The van der Waals surface area contributed by atoms with Crippen LogP contribution in [-0.4, -0.2) is 49.4 Å². The fourth-order valence-electron chi connectivity index (χ4n) is 2.25. The van der Waals surface area contributed by atoms with E-state index in [4.69, 9.17) is 45.3 Å². The maximum atomic E-state index is 12.1. The molecule has 2 aliphatic rings. The molecule has 0 aromatic rings. The first-order valence-corrected chi connectivity index (χ1v) is 7.55. The Hall–Kier alpha value is 0.120. The lowest BCUT2D eigenvalue weighted by atomic mass is 9.96. The van der Waals surface area contributed by atoms with Gasteiger partial charge in [-0.1, -0.05) is 34.8 Å². The van der Waals surface area contributed by atoms with Gasteiger partial charge in [0.15, 0.2) is 0 Å². The van der Waals surface area contributed by atoms with Crippen molar-refractivity contribution in [2.75, 3.05) is 6.61 Å². The SMILES string of the molecule is CC1(C)S[C@@H]2[C@H](N)C(=O)N2[C@H]1C(=O)OCC(Cl)(Cl)Cl. The number of nitrogens with two attached hydrogens (primary N) is 1. The van der Waals surface area contributed by atoms with Crippen LogP contribution in [0.1, 0.15) is 13.8 Å². The minimum absolute atomic E-state index is 0.187. The molecule has 0 aromatic carbocycles. The number of hydrogen-bond donors (Lipinski definition) is 1. The van der Waals surface area contributed by atoms with Crippen molar-refractivity contribution in [1.82, 2.24) is 4.90 Å². The van der Waals surface area contributed by atoms with E-state index in [1.165, 1.54) is 16.7 Å². The summed E-state index contributed by atoms with van der Waals surface area (Å²) < 4.78 is 2.83. The third kappa shape index (κ3) is 2.78. The first-order valence-electron chi connectivity index (χ1n) is 5.53. The van der Waals surface area contributed by atoms with Crippen LogP contribution in [0.25, 0.3) is 0 Å². The Morgan fingerprint density at radius 3 is 2.63 bits per heavy atom. The third-order valence-electron chi connectivity index (χ3n) is 3.08. The van der Waals surface area contributed by atoms with E-state index >= 15 is 0 Å². The first kappa shape index (κ1) is 15.5. The van der Waals surface area contributed by atoms with Crippen molar-refractivity contribution in [3.05, 3.63) is 0 Å². The minimum Gasteiger partial charge on any atom is -0.460 e. The lowest BCUT2D eigenvalue weighted by molar-refractivity contribution is -0.162. The zero-order chi connectivity index (χ0) is 14.6. The minimum atomic E-state index is -1.67. The molecule has 2 fully saturated rings. The molecular formula is C10H13Cl3N2O3S. The summed E-state index contributed by atoms with van der Waals surface area (Å²) in [6.45, 7) is 3.36. The second kappa shape index (κ2) is 4.84. The van der Waals surface area contributed by atoms with Crippen LogP contribution in [-0.2, 0) is 14.3 Å². The van der Waals surface area contributed by atoms with Crippen molar-refractivity contribution >= 4 is 58.4 Å². The average Bonchev–Trinajstić information content (AvgIpc) is 2.53. The van der Waals surface area contributed by atoms with Gasteiger partial charge in [-0.25, -0.2) is 4.79 Å². The van der Waals surface area contributed by atoms with Crippen LogP contribution in [0.3, 0.4) is 0 Å². The highest BCUT2D eigenvalue weighted by Gasteiger charge is 2.63. The van der Waals surface area contributed by atoms with E-state index in [2.05, 4.69) is 0 Å². The molecule has 2 N–H and O–H groups in total. The molecule has 2 rings (SSSR count). The number of alkyl halides is 3. The molecule has 0 aliphatic carbocycles. The fraction of sp³-hybridized carbons (Fsp3) is 0.800. The van der Waals surface area contributed by atoms with Gasteiger partial charge in [0.25, 0.3) is 0 Å². The van der Waals surface area contributed by atoms with Crippen LogP contribution in [0, 0.1) is 0 Å². The predicted molar refractivity (Wildman–Crippen MR) is 75.3 cm³/mol. The van der Waals surface area contributed by atoms with E-state index in [9.17, 15) is 9.59 Å². The van der Waals surface area contributed by atoms with Gasteiger partial charge in [0.1, 0.15) is 24.1 Å². The van der Waals surface area contributed by atoms with Gasteiger partial charge < -0.3 is 15.4 Å². The number of rotatable bonds is 2. The normalized spacial score (nSPS) is 32.8. The number of carbonyl (C=O) groups excluding carboxylic acids is 2. The summed E-state index contributed by atoms with van der Waals surface area (Å²) in [5.41, 5.74) is 5.71. The largest absolute Gasteiger partial charge is 0.460 e. The molecule has 2 aliphatic heterocycles. The number of halogens is 3.